The number of nitriles is 1. The maximum absolute atomic E-state index is 12.9. The Balaban J connectivity index is 2.43. The van der Waals surface area contributed by atoms with Crippen molar-refractivity contribution in [1.82, 2.24) is 4.98 Å². The Bertz CT molecular complexity index is 642. The van der Waals surface area contributed by atoms with Crippen LogP contribution in [-0.4, -0.2) is 12.0 Å². The summed E-state index contributed by atoms with van der Waals surface area (Å²) in [6.07, 6.45) is -3.16. The Hall–Kier alpha value is -2.55. The molecule has 0 spiro atoms. The normalized spacial score (nSPS) is 10.9. The molecule has 0 atom stereocenters. The Kier molecular flexibility index (Phi) is 3.61. The summed E-state index contributed by atoms with van der Waals surface area (Å²) in [6, 6.07) is 10.4. The summed E-state index contributed by atoms with van der Waals surface area (Å²) in [7, 11) is 1.50. The van der Waals surface area contributed by atoms with E-state index in [0.29, 0.717) is 11.3 Å². The number of rotatable bonds is 2. The van der Waals surface area contributed by atoms with Crippen LogP contribution in [0.2, 0.25) is 0 Å². The van der Waals surface area contributed by atoms with Crippen molar-refractivity contribution in [2.75, 3.05) is 11.9 Å². The number of aromatic nitrogens is 1. The minimum Gasteiger partial charge on any atom is -0.329 e. The Morgan fingerprint density at radius 2 is 1.80 bits per heavy atom. The molecule has 0 unspecified atom stereocenters. The summed E-state index contributed by atoms with van der Waals surface area (Å²) in [6.45, 7) is 0. The van der Waals surface area contributed by atoms with Gasteiger partial charge in [-0.3, -0.25) is 0 Å². The van der Waals surface area contributed by atoms with Gasteiger partial charge in [0.2, 0.25) is 0 Å². The molecular formula is C14H10F3N3. The molecule has 2 rings (SSSR count). The average Bonchev–Trinajstić information content (AvgIpc) is 2.46. The quantitative estimate of drug-likeness (QED) is 0.839. The number of hydrogen-bond acceptors (Lipinski definition) is 3. The van der Waals surface area contributed by atoms with Gasteiger partial charge in [-0.05, 0) is 36.4 Å². The van der Waals surface area contributed by atoms with E-state index in [4.69, 9.17) is 5.26 Å². The zero-order valence-electron chi connectivity index (χ0n) is 10.5. The van der Waals surface area contributed by atoms with Gasteiger partial charge in [-0.25, -0.2) is 4.98 Å². The smallest absolute Gasteiger partial charge is 0.329 e. The molecule has 0 saturated carbocycles. The van der Waals surface area contributed by atoms with Gasteiger partial charge in [-0.2, -0.15) is 18.4 Å². The number of anilines is 2. The summed E-state index contributed by atoms with van der Waals surface area (Å²) in [5.41, 5.74) is 0.166. The molecule has 1 heterocycles. The summed E-state index contributed by atoms with van der Waals surface area (Å²) in [5.74, 6) is -0.176. The van der Waals surface area contributed by atoms with Crippen LogP contribution in [0.25, 0.3) is 0 Å². The van der Waals surface area contributed by atoms with Gasteiger partial charge < -0.3 is 4.90 Å². The highest BCUT2D eigenvalue weighted by molar-refractivity contribution is 5.63. The molecule has 1 aromatic heterocycles. The van der Waals surface area contributed by atoms with Gasteiger partial charge in [0.15, 0.2) is 0 Å². The van der Waals surface area contributed by atoms with E-state index in [9.17, 15) is 13.2 Å². The first-order valence-electron chi connectivity index (χ1n) is 5.69. The van der Waals surface area contributed by atoms with Gasteiger partial charge in [0, 0.05) is 18.9 Å². The molecule has 0 N–H and O–H groups in total. The maximum Gasteiger partial charge on any atom is 0.419 e. The minimum atomic E-state index is -4.47. The molecule has 20 heavy (non-hydrogen) atoms. The predicted octanol–water partition coefficient (Wildman–Crippen LogP) is 3.74. The van der Waals surface area contributed by atoms with Crippen LogP contribution in [-0.2, 0) is 6.18 Å². The lowest BCUT2D eigenvalue weighted by molar-refractivity contribution is -0.137. The number of benzene rings is 1. The van der Waals surface area contributed by atoms with Crippen LogP contribution in [0.3, 0.4) is 0 Å². The van der Waals surface area contributed by atoms with Crippen LogP contribution in [0.4, 0.5) is 24.7 Å². The lowest BCUT2D eigenvalue weighted by Crippen LogP contribution is -2.17. The summed E-state index contributed by atoms with van der Waals surface area (Å²) in [5, 5.41) is 8.71. The second-order valence-electron chi connectivity index (χ2n) is 4.09. The largest absolute Gasteiger partial charge is 0.419 e. The van der Waals surface area contributed by atoms with Crippen LogP contribution in [0.1, 0.15) is 11.1 Å². The molecule has 0 amide bonds. The summed E-state index contributed by atoms with van der Waals surface area (Å²) < 4.78 is 38.8. The monoisotopic (exact) mass is 277 g/mol. The van der Waals surface area contributed by atoms with Crippen LogP contribution in [0, 0.1) is 11.3 Å². The zero-order chi connectivity index (χ0) is 14.8. The standard InChI is InChI=1S/C14H10F3N3/c1-20(11-6-4-10(9-18)5-7-11)13-12(14(15,16)17)3-2-8-19-13/h2-8H,1H3. The highest BCUT2D eigenvalue weighted by atomic mass is 19.4. The molecule has 0 aliphatic carbocycles. The maximum atomic E-state index is 12.9. The third kappa shape index (κ3) is 2.72. The first-order chi connectivity index (χ1) is 9.43. The predicted molar refractivity (Wildman–Crippen MR) is 68.5 cm³/mol. The van der Waals surface area contributed by atoms with Crippen molar-refractivity contribution in [2.24, 2.45) is 0 Å². The average molecular weight is 277 g/mol. The van der Waals surface area contributed by atoms with E-state index in [1.165, 1.54) is 24.2 Å². The van der Waals surface area contributed by atoms with Gasteiger partial charge in [0.1, 0.15) is 5.82 Å². The number of hydrogen-bond donors (Lipinski definition) is 0. The van der Waals surface area contributed by atoms with E-state index in [1.807, 2.05) is 6.07 Å². The summed E-state index contributed by atoms with van der Waals surface area (Å²) >= 11 is 0. The van der Waals surface area contributed by atoms with Crippen molar-refractivity contribution >= 4 is 11.5 Å². The first kappa shape index (κ1) is 13.9. The van der Waals surface area contributed by atoms with E-state index < -0.39 is 11.7 Å². The molecule has 0 radical (unpaired) electrons. The number of halogens is 3. The van der Waals surface area contributed by atoms with E-state index in [-0.39, 0.29) is 5.82 Å². The Morgan fingerprint density at radius 1 is 1.15 bits per heavy atom. The van der Waals surface area contributed by atoms with Crippen molar-refractivity contribution in [3.8, 4) is 6.07 Å². The van der Waals surface area contributed by atoms with E-state index >= 15 is 0 Å². The highest BCUT2D eigenvalue weighted by Crippen LogP contribution is 2.36. The van der Waals surface area contributed by atoms with Crippen molar-refractivity contribution < 1.29 is 13.2 Å². The van der Waals surface area contributed by atoms with Crippen LogP contribution < -0.4 is 4.90 Å². The fraction of sp³-hybridized carbons (Fsp3) is 0.143. The second-order valence-corrected chi connectivity index (χ2v) is 4.09. The molecule has 102 valence electrons. The molecule has 1 aromatic carbocycles. The molecule has 2 aromatic rings. The molecule has 0 aliphatic heterocycles. The first-order valence-corrected chi connectivity index (χ1v) is 5.69. The molecular weight excluding hydrogens is 267 g/mol. The van der Waals surface area contributed by atoms with Crippen LogP contribution in [0.15, 0.2) is 42.6 Å². The van der Waals surface area contributed by atoms with Gasteiger partial charge in [-0.15, -0.1) is 0 Å². The third-order valence-electron chi connectivity index (χ3n) is 2.79. The molecule has 0 bridgehead atoms. The van der Waals surface area contributed by atoms with E-state index in [1.54, 1.807) is 24.3 Å². The lowest BCUT2D eigenvalue weighted by atomic mass is 10.2. The third-order valence-corrected chi connectivity index (χ3v) is 2.79. The Labute approximate surface area is 113 Å². The summed E-state index contributed by atoms with van der Waals surface area (Å²) in [4.78, 5) is 5.14. The minimum absolute atomic E-state index is 0.176. The van der Waals surface area contributed by atoms with Crippen molar-refractivity contribution in [3.63, 3.8) is 0 Å². The van der Waals surface area contributed by atoms with Crippen LogP contribution >= 0.6 is 0 Å². The molecule has 0 fully saturated rings. The molecule has 6 heteroatoms. The van der Waals surface area contributed by atoms with Gasteiger partial charge in [0.05, 0.1) is 17.2 Å². The zero-order valence-corrected chi connectivity index (χ0v) is 10.5. The number of alkyl halides is 3. The van der Waals surface area contributed by atoms with E-state index in [2.05, 4.69) is 4.98 Å². The fourth-order valence-electron chi connectivity index (χ4n) is 1.77. The van der Waals surface area contributed by atoms with Gasteiger partial charge in [-0.1, -0.05) is 0 Å². The van der Waals surface area contributed by atoms with Crippen molar-refractivity contribution in [2.45, 2.75) is 6.18 Å². The number of nitrogens with zero attached hydrogens (tertiary/aromatic N) is 3. The molecule has 0 aliphatic rings. The van der Waals surface area contributed by atoms with E-state index in [0.717, 1.165) is 6.07 Å². The van der Waals surface area contributed by atoms with Crippen LogP contribution in [0.5, 0.6) is 0 Å². The topological polar surface area (TPSA) is 39.9 Å². The van der Waals surface area contributed by atoms with Crippen molar-refractivity contribution in [3.05, 3.63) is 53.7 Å². The van der Waals surface area contributed by atoms with Gasteiger partial charge >= 0.3 is 6.18 Å². The molecule has 0 saturated heterocycles. The SMILES string of the molecule is CN(c1ccc(C#N)cc1)c1ncccc1C(F)(F)F. The van der Waals surface area contributed by atoms with Crippen molar-refractivity contribution in [1.29, 1.82) is 5.26 Å². The lowest BCUT2D eigenvalue weighted by Gasteiger charge is -2.22. The number of pyridine rings is 1. The highest BCUT2D eigenvalue weighted by Gasteiger charge is 2.35. The fourth-order valence-corrected chi connectivity index (χ4v) is 1.77. The Morgan fingerprint density at radius 3 is 2.35 bits per heavy atom. The molecule has 3 nitrogen and oxygen atoms in total. The van der Waals surface area contributed by atoms with Gasteiger partial charge in [0.25, 0.3) is 0 Å². The second kappa shape index (κ2) is 5.21.